The third-order valence-electron chi connectivity index (χ3n) is 4.00. The summed E-state index contributed by atoms with van der Waals surface area (Å²) < 4.78 is 0. The summed E-state index contributed by atoms with van der Waals surface area (Å²) in [6.45, 7) is 2.14. The first-order valence-corrected chi connectivity index (χ1v) is 6.81. The summed E-state index contributed by atoms with van der Waals surface area (Å²) in [5, 5.41) is 12.1. The Bertz CT molecular complexity index is 364. The van der Waals surface area contributed by atoms with E-state index in [4.69, 9.17) is 5.11 Å². The molecule has 0 radical (unpaired) electrons. The number of hydrogen-bond acceptors (Lipinski definition) is 2. The van der Waals surface area contributed by atoms with Crippen LogP contribution in [-0.4, -0.2) is 23.0 Å². The van der Waals surface area contributed by atoms with Crippen molar-refractivity contribution in [3.63, 3.8) is 0 Å². The predicted molar refractivity (Wildman–Crippen MR) is 67.9 cm³/mol. The maximum absolute atomic E-state index is 12.1. The van der Waals surface area contributed by atoms with Gasteiger partial charge in [-0.05, 0) is 31.6 Å². The average Bonchev–Trinajstić information content (AvgIpc) is 3.07. The van der Waals surface area contributed by atoms with E-state index in [1.165, 1.54) is 0 Å². The zero-order chi connectivity index (χ0) is 13.1. The molecule has 100 valence electrons. The number of aliphatic carboxylic acids is 1. The van der Waals surface area contributed by atoms with E-state index < -0.39 is 17.8 Å². The zero-order valence-corrected chi connectivity index (χ0v) is 10.8. The Morgan fingerprint density at radius 1 is 1.28 bits per heavy atom. The molecule has 18 heavy (non-hydrogen) atoms. The van der Waals surface area contributed by atoms with Crippen molar-refractivity contribution in [3.05, 3.63) is 12.2 Å². The fourth-order valence-corrected chi connectivity index (χ4v) is 2.78. The van der Waals surface area contributed by atoms with Crippen LogP contribution in [0.1, 0.15) is 39.0 Å². The molecule has 1 amide bonds. The summed E-state index contributed by atoms with van der Waals surface area (Å²) in [7, 11) is 0. The van der Waals surface area contributed by atoms with Gasteiger partial charge < -0.3 is 10.4 Å². The highest BCUT2D eigenvalue weighted by Gasteiger charge is 2.40. The first-order valence-electron chi connectivity index (χ1n) is 6.81. The van der Waals surface area contributed by atoms with Crippen molar-refractivity contribution < 1.29 is 14.7 Å². The number of amides is 1. The molecule has 0 aliphatic heterocycles. The van der Waals surface area contributed by atoms with E-state index in [1.807, 2.05) is 12.2 Å². The van der Waals surface area contributed by atoms with Crippen molar-refractivity contribution in [2.24, 2.45) is 17.8 Å². The molecule has 0 bridgehead atoms. The van der Waals surface area contributed by atoms with Gasteiger partial charge in [0.15, 0.2) is 0 Å². The minimum Gasteiger partial charge on any atom is -0.481 e. The van der Waals surface area contributed by atoms with Gasteiger partial charge in [-0.2, -0.15) is 0 Å². The standard InChI is InChI=1S/C14H21NO3/c1-2-5-9-8-12(9)15-13(16)10-6-3-4-7-11(10)14(17)18/h3-4,9-12H,2,5-8H2,1H3,(H,15,16)(H,17,18). The number of rotatable bonds is 5. The summed E-state index contributed by atoms with van der Waals surface area (Å²) in [5.74, 6) is -1.27. The van der Waals surface area contributed by atoms with Crippen molar-refractivity contribution in [3.8, 4) is 0 Å². The minimum atomic E-state index is -0.861. The highest BCUT2D eigenvalue weighted by Crippen LogP contribution is 2.35. The van der Waals surface area contributed by atoms with Crippen molar-refractivity contribution in [2.45, 2.75) is 45.1 Å². The van der Waals surface area contributed by atoms with E-state index in [-0.39, 0.29) is 11.9 Å². The molecule has 1 fully saturated rings. The van der Waals surface area contributed by atoms with Gasteiger partial charge in [0, 0.05) is 6.04 Å². The fourth-order valence-electron chi connectivity index (χ4n) is 2.78. The Labute approximate surface area is 107 Å². The molecule has 0 aromatic heterocycles. The number of nitrogens with one attached hydrogen (secondary N) is 1. The third kappa shape index (κ3) is 2.92. The summed E-state index contributed by atoms with van der Waals surface area (Å²) in [6.07, 6.45) is 8.14. The maximum atomic E-state index is 12.1. The number of carbonyl (C=O) groups is 2. The van der Waals surface area contributed by atoms with Crippen LogP contribution in [-0.2, 0) is 9.59 Å². The monoisotopic (exact) mass is 251 g/mol. The van der Waals surface area contributed by atoms with Crippen LogP contribution in [0, 0.1) is 17.8 Å². The molecule has 2 aliphatic rings. The van der Waals surface area contributed by atoms with Crippen LogP contribution in [0.3, 0.4) is 0 Å². The van der Waals surface area contributed by atoms with Crippen LogP contribution in [0.15, 0.2) is 12.2 Å². The van der Waals surface area contributed by atoms with Gasteiger partial charge in [0.2, 0.25) is 5.91 Å². The molecule has 4 atom stereocenters. The summed E-state index contributed by atoms with van der Waals surface area (Å²) in [6, 6.07) is 0.290. The van der Waals surface area contributed by atoms with E-state index in [0.29, 0.717) is 18.8 Å². The molecule has 0 heterocycles. The highest BCUT2D eigenvalue weighted by atomic mass is 16.4. The van der Waals surface area contributed by atoms with Gasteiger partial charge in [-0.25, -0.2) is 0 Å². The van der Waals surface area contributed by atoms with Crippen LogP contribution in [0.5, 0.6) is 0 Å². The first-order chi connectivity index (χ1) is 8.63. The molecule has 4 nitrogen and oxygen atoms in total. The summed E-state index contributed by atoms with van der Waals surface area (Å²) in [4.78, 5) is 23.2. The number of hydrogen-bond donors (Lipinski definition) is 2. The van der Waals surface area contributed by atoms with Gasteiger partial charge in [-0.1, -0.05) is 25.5 Å². The molecule has 0 aromatic carbocycles. The maximum Gasteiger partial charge on any atom is 0.307 e. The number of carbonyl (C=O) groups excluding carboxylic acids is 1. The molecule has 2 aliphatic carbocycles. The lowest BCUT2D eigenvalue weighted by atomic mass is 9.82. The quantitative estimate of drug-likeness (QED) is 0.734. The van der Waals surface area contributed by atoms with Crippen LogP contribution in [0.4, 0.5) is 0 Å². The first kappa shape index (κ1) is 13.1. The molecule has 0 spiro atoms. The third-order valence-corrected chi connectivity index (χ3v) is 4.00. The summed E-state index contributed by atoms with van der Waals surface area (Å²) >= 11 is 0. The molecule has 4 unspecified atom stereocenters. The van der Waals surface area contributed by atoms with Crippen molar-refractivity contribution in [2.75, 3.05) is 0 Å². The molecule has 2 N–H and O–H groups in total. The smallest absolute Gasteiger partial charge is 0.307 e. The molecular formula is C14H21NO3. The van der Waals surface area contributed by atoms with E-state index >= 15 is 0 Å². The van der Waals surface area contributed by atoms with Gasteiger partial charge in [-0.3, -0.25) is 9.59 Å². The highest BCUT2D eigenvalue weighted by molar-refractivity contribution is 5.85. The van der Waals surface area contributed by atoms with Gasteiger partial charge in [0.25, 0.3) is 0 Å². The molecule has 2 rings (SSSR count). The van der Waals surface area contributed by atoms with Gasteiger partial charge >= 0.3 is 5.97 Å². The SMILES string of the molecule is CCCC1CC1NC(=O)C1CC=CCC1C(=O)O. The lowest BCUT2D eigenvalue weighted by molar-refractivity contribution is -0.147. The number of allylic oxidation sites excluding steroid dienone is 2. The van der Waals surface area contributed by atoms with Crippen LogP contribution >= 0.6 is 0 Å². The zero-order valence-electron chi connectivity index (χ0n) is 10.8. The lowest BCUT2D eigenvalue weighted by Crippen LogP contribution is -2.40. The van der Waals surface area contributed by atoms with Crippen molar-refractivity contribution in [1.29, 1.82) is 0 Å². The second kappa shape index (κ2) is 5.55. The Morgan fingerprint density at radius 2 is 1.94 bits per heavy atom. The van der Waals surface area contributed by atoms with Crippen LogP contribution < -0.4 is 5.32 Å². The predicted octanol–water partition coefficient (Wildman–Crippen LogP) is 1.96. The molecule has 4 heteroatoms. The topological polar surface area (TPSA) is 66.4 Å². The van der Waals surface area contributed by atoms with Gasteiger partial charge in [0.05, 0.1) is 11.8 Å². The van der Waals surface area contributed by atoms with Crippen molar-refractivity contribution in [1.82, 2.24) is 5.32 Å². The second-order valence-electron chi connectivity index (χ2n) is 5.39. The van der Waals surface area contributed by atoms with Gasteiger partial charge in [0.1, 0.15) is 0 Å². The molecular weight excluding hydrogens is 230 g/mol. The van der Waals surface area contributed by atoms with E-state index in [1.54, 1.807) is 0 Å². The molecule has 0 aromatic rings. The average molecular weight is 251 g/mol. The Kier molecular flexibility index (Phi) is 4.04. The Balaban J connectivity index is 1.88. The van der Waals surface area contributed by atoms with E-state index in [2.05, 4.69) is 12.2 Å². The number of carboxylic acids is 1. The summed E-state index contributed by atoms with van der Waals surface area (Å²) in [5.41, 5.74) is 0. The fraction of sp³-hybridized carbons (Fsp3) is 0.714. The van der Waals surface area contributed by atoms with E-state index in [0.717, 1.165) is 19.3 Å². The van der Waals surface area contributed by atoms with E-state index in [9.17, 15) is 9.59 Å². The lowest BCUT2D eigenvalue weighted by Gasteiger charge is -2.24. The largest absolute Gasteiger partial charge is 0.481 e. The molecule has 1 saturated carbocycles. The Hall–Kier alpha value is -1.32. The van der Waals surface area contributed by atoms with Crippen LogP contribution in [0.25, 0.3) is 0 Å². The normalized spacial score (nSPS) is 34.1. The molecule has 0 saturated heterocycles. The van der Waals surface area contributed by atoms with Crippen LogP contribution in [0.2, 0.25) is 0 Å². The van der Waals surface area contributed by atoms with Crippen molar-refractivity contribution >= 4 is 11.9 Å². The minimum absolute atomic E-state index is 0.0737. The Morgan fingerprint density at radius 3 is 2.56 bits per heavy atom. The second-order valence-corrected chi connectivity index (χ2v) is 5.39. The number of carboxylic acid groups (broad SMARTS) is 1. The van der Waals surface area contributed by atoms with Gasteiger partial charge in [-0.15, -0.1) is 0 Å².